The van der Waals surface area contributed by atoms with Crippen LogP contribution in [0, 0.1) is 20.8 Å². The monoisotopic (exact) mass is 274 g/mol. The molecule has 0 aliphatic heterocycles. The van der Waals surface area contributed by atoms with Gasteiger partial charge in [-0.15, -0.1) is 0 Å². The number of aryl methyl sites for hydroxylation is 3. The minimum Gasteiger partial charge on any atom is -0.361 e. The van der Waals surface area contributed by atoms with Gasteiger partial charge in [0, 0.05) is 24.3 Å². The second kappa shape index (κ2) is 5.31. The van der Waals surface area contributed by atoms with Crippen LogP contribution in [-0.4, -0.2) is 14.7 Å². The second-order valence-corrected chi connectivity index (χ2v) is 5.71. The molecule has 1 aliphatic rings. The van der Waals surface area contributed by atoms with Crippen molar-refractivity contribution in [1.82, 2.24) is 14.7 Å². The molecule has 0 radical (unpaired) electrons. The maximum absolute atomic E-state index is 5.20. The average Bonchev–Trinajstić information content (AvgIpc) is 3.10. The SMILES string of the molecule is Cc1cn(C2CCCC2)c(NCc2c(C)noc2C)n1. The van der Waals surface area contributed by atoms with Crippen molar-refractivity contribution in [1.29, 1.82) is 0 Å². The summed E-state index contributed by atoms with van der Waals surface area (Å²) in [5.41, 5.74) is 3.15. The molecule has 2 heterocycles. The summed E-state index contributed by atoms with van der Waals surface area (Å²) in [7, 11) is 0. The van der Waals surface area contributed by atoms with Gasteiger partial charge in [0.1, 0.15) is 5.76 Å². The summed E-state index contributed by atoms with van der Waals surface area (Å²) < 4.78 is 7.51. The molecule has 1 saturated carbocycles. The molecular weight excluding hydrogens is 252 g/mol. The first kappa shape index (κ1) is 13.2. The standard InChI is InChI=1S/C15H22N4O/c1-10-9-19(13-6-4-5-7-13)15(17-10)16-8-14-11(2)18-20-12(14)3/h9,13H,4-8H2,1-3H3,(H,16,17). The molecule has 0 atom stereocenters. The number of anilines is 1. The summed E-state index contributed by atoms with van der Waals surface area (Å²) in [4.78, 5) is 4.61. The van der Waals surface area contributed by atoms with E-state index in [2.05, 4.69) is 26.2 Å². The maximum atomic E-state index is 5.20. The summed E-state index contributed by atoms with van der Waals surface area (Å²) in [5, 5.41) is 7.44. The molecule has 0 aromatic carbocycles. The maximum Gasteiger partial charge on any atom is 0.203 e. The normalized spacial score (nSPS) is 15.9. The van der Waals surface area contributed by atoms with E-state index in [1.807, 2.05) is 20.8 Å². The Kier molecular flexibility index (Phi) is 3.51. The molecule has 0 bridgehead atoms. The van der Waals surface area contributed by atoms with Crippen LogP contribution in [0.3, 0.4) is 0 Å². The number of hydrogen-bond donors (Lipinski definition) is 1. The summed E-state index contributed by atoms with van der Waals surface area (Å²) >= 11 is 0. The minimum absolute atomic E-state index is 0.600. The Morgan fingerprint density at radius 2 is 2.05 bits per heavy atom. The van der Waals surface area contributed by atoms with Gasteiger partial charge in [-0.3, -0.25) is 0 Å². The summed E-state index contributed by atoms with van der Waals surface area (Å²) in [5.74, 6) is 1.85. The first-order chi connectivity index (χ1) is 9.65. The lowest BCUT2D eigenvalue weighted by Gasteiger charge is -2.15. The molecule has 0 spiro atoms. The van der Waals surface area contributed by atoms with Crippen molar-refractivity contribution in [3.05, 3.63) is 28.9 Å². The van der Waals surface area contributed by atoms with Crippen LogP contribution in [0.2, 0.25) is 0 Å². The molecule has 108 valence electrons. The number of aromatic nitrogens is 3. The molecule has 20 heavy (non-hydrogen) atoms. The molecule has 1 aliphatic carbocycles. The van der Waals surface area contributed by atoms with E-state index >= 15 is 0 Å². The van der Waals surface area contributed by atoms with Crippen LogP contribution in [0.1, 0.15) is 54.4 Å². The Morgan fingerprint density at radius 3 is 2.70 bits per heavy atom. The lowest BCUT2D eigenvalue weighted by molar-refractivity contribution is 0.392. The lowest BCUT2D eigenvalue weighted by Crippen LogP contribution is -2.11. The summed E-state index contributed by atoms with van der Waals surface area (Å²) in [6, 6.07) is 0.600. The second-order valence-electron chi connectivity index (χ2n) is 5.71. The predicted molar refractivity (Wildman–Crippen MR) is 77.8 cm³/mol. The molecule has 0 saturated heterocycles. The van der Waals surface area contributed by atoms with Gasteiger partial charge in [-0.25, -0.2) is 4.98 Å². The van der Waals surface area contributed by atoms with E-state index in [4.69, 9.17) is 4.52 Å². The minimum atomic E-state index is 0.600. The first-order valence-electron chi connectivity index (χ1n) is 7.36. The van der Waals surface area contributed by atoms with Gasteiger partial charge in [0.15, 0.2) is 0 Å². The number of hydrogen-bond acceptors (Lipinski definition) is 4. The van der Waals surface area contributed by atoms with Gasteiger partial charge in [0.25, 0.3) is 0 Å². The summed E-state index contributed by atoms with van der Waals surface area (Å²) in [6.07, 6.45) is 7.33. The zero-order chi connectivity index (χ0) is 14.1. The third-order valence-corrected chi connectivity index (χ3v) is 4.18. The van der Waals surface area contributed by atoms with E-state index in [1.165, 1.54) is 25.7 Å². The third-order valence-electron chi connectivity index (χ3n) is 4.18. The fourth-order valence-electron chi connectivity index (χ4n) is 3.03. The Hall–Kier alpha value is -1.78. The van der Waals surface area contributed by atoms with E-state index in [0.717, 1.165) is 28.7 Å². The highest BCUT2D eigenvalue weighted by molar-refractivity contribution is 5.33. The van der Waals surface area contributed by atoms with Crippen molar-refractivity contribution in [2.75, 3.05) is 5.32 Å². The van der Waals surface area contributed by atoms with Crippen LogP contribution in [0.25, 0.3) is 0 Å². The number of nitrogens with one attached hydrogen (secondary N) is 1. The van der Waals surface area contributed by atoms with Crippen LogP contribution in [0.15, 0.2) is 10.7 Å². The fraction of sp³-hybridized carbons (Fsp3) is 0.600. The van der Waals surface area contributed by atoms with Gasteiger partial charge >= 0.3 is 0 Å². The van der Waals surface area contributed by atoms with Crippen molar-refractivity contribution in [3.8, 4) is 0 Å². The topological polar surface area (TPSA) is 55.9 Å². The zero-order valence-electron chi connectivity index (χ0n) is 12.4. The number of nitrogens with zero attached hydrogens (tertiary/aromatic N) is 3. The largest absolute Gasteiger partial charge is 0.361 e. The zero-order valence-corrected chi connectivity index (χ0v) is 12.4. The smallest absolute Gasteiger partial charge is 0.203 e. The lowest BCUT2D eigenvalue weighted by atomic mass is 10.2. The third kappa shape index (κ3) is 2.44. The molecule has 5 heteroatoms. The first-order valence-corrected chi connectivity index (χ1v) is 7.36. The molecular formula is C15H22N4O. The van der Waals surface area contributed by atoms with Crippen LogP contribution in [-0.2, 0) is 6.54 Å². The highest BCUT2D eigenvalue weighted by Gasteiger charge is 2.20. The Morgan fingerprint density at radius 1 is 1.30 bits per heavy atom. The molecule has 5 nitrogen and oxygen atoms in total. The highest BCUT2D eigenvalue weighted by Crippen LogP contribution is 2.32. The fourth-order valence-corrected chi connectivity index (χ4v) is 3.03. The number of rotatable bonds is 4. The van der Waals surface area contributed by atoms with Gasteiger partial charge in [-0.2, -0.15) is 0 Å². The highest BCUT2D eigenvalue weighted by atomic mass is 16.5. The molecule has 1 N–H and O–H groups in total. The van der Waals surface area contributed by atoms with Crippen LogP contribution >= 0.6 is 0 Å². The van der Waals surface area contributed by atoms with E-state index in [0.29, 0.717) is 12.6 Å². The van der Waals surface area contributed by atoms with Gasteiger partial charge in [0.05, 0.1) is 11.4 Å². The Labute approximate surface area is 119 Å². The van der Waals surface area contributed by atoms with Gasteiger partial charge < -0.3 is 14.4 Å². The van der Waals surface area contributed by atoms with E-state index in [1.54, 1.807) is 0 Å². The van der Waals surface area contributed by atoms with Crippen LogP contribution in [0.4, 0.5) is 5.95 Å². The van der Waals surface area contributed by atoms with Crippen molar-refractivity contribution in [2.45, 2.75) is 59.0 Å². The van der Waals surface area contributed by atoms with Gasteiger partial charge in [0.2, 0.25) is 5.95 Å². The molecule has 0 amide bonds. The molecule has 2 aromatic heterocycles. The quantitative estimate of drug-likeness (QED) is 0.926. The molecule has 2 aromatic rings. The summed E-state index contributed by atoms with van der Waals surface area (Å²) in [6.45, 7) is 6.69. The van der Waals surface area contributed by atoms with E-state index in [-0.39, 0.29) is 0 Å². The van der Waals surface area contributed by atoms with Crippen molar-refractivity contribution >= 4 is 5.95 Å². The van der Waals surface area contributed by atoms with Crippen molar-refractivity contribution in [2.24, 2.45) is 0 Å². The van der Waals surface area contributed by atoms with Gasteiger partial charge in [-0.1, -0.05) is 18.0 Å². The van der Waals surface area contributed by atoms with Crippen molar-refractivity contribution < 1.29 is 4.52 Å². The van der Waals surface area contributed by atoms with Crippen molar-refractivity contribution in [3.63, 3.8) is 0 Å². The molecule has 0 unspecified atom stereocenters. The van der Waals surface area contributed by atoms with Crippen LogP contribution in [0.5, 0.6) is 0 Å². The van der Waals surface area contributed by atoms with E-state index < -0.39 is 0 Å². The van der Waals surface area contributed by atoms with Gasteiger partial charge in [-0.05, 0) is 33.6 Å². The van der Waals surface area contributed by atoms with E-state index in [9.17, 15) is 0 Å². The van der Waals surface area contributed by atoms with Crippen LogP contribution < -0.4 is 5.32 Å². The Bertz CT molecular complexity index is 574. The molecule has 3 rings (SSSR count). The average molecular weight is 274 g/mol. The predicted octanol–water partition coefficient (Wildman–Crippen LogP) is 3.52. The number of imidazole rings is 1. The Balaban J connectivity index is 1.77. The molecule has 1 fully saturated rings.